The van der Waals surface area contributed by atoms with E-state index in [9.17, 15) is 14.0 Å². The normalized spacial score (nSPS) is 11.0. The van der Waals surface area contributed by atoms with Crippen LogP contribution in [0.3, 0.4) is 0 Å². The van der Waals surface area contributed by atoms with Crippen molar-refractivity contribution in [1.82, 2.24) is 20.1 Å². The number of halogens is 3. The molecule has 3 aromatic rings. The Hall–Kier alpha value is -3.01. The number of benzene rings is 1. The highest BCUT2D eigenvalue weighted by Crippen LogP contribution is 2.20. The Morgan fingerprint density at radius 3 is 2.39 bits per heavy atom. The number of hydrogen-bond acceptors (Lipinski definition) is 5. The van der Waals surface area contributed by atoms with Gasteiger partial charge in [-0.3, -0.25) is 24.6 Å². The molecule has 0 aliphatic heterocycles. The SMILES string of the molecule is Cl.Cl.Cn1nc(-c2ccncc2)cc1NC(=O)[C@H](Cc1ccc(F)cc1)NCC(=O)O. The van der Waals surface area contributed by atoms with E-state index in [-0.39, 0.29) is 43.6 Å². The van der Waals surface area contributed by atoms with Gasteiger partial charge in [-0.05, 0) is 36.2 Å². The first-order valence-corrected chi connectivity index (χ1v) is 8.87. The molecule has 0 aliphatic rings. The third kappa shape index (κ3) is 7.32. The summed E-state index contributed by atoms with van der Waals surface area (Å²) in [7, 11) is 1.69. The molecule has 0 fully saturated rings. The van der Waals surface area contributed by atoms with E-state index in [4.69, 9.17) is 5.11 Å². The minimum atomic E-state index is -1.08. The van der Waals surface area contributed by atoms with Gasteiger partial charge in [0.25, 0.3) is 0 Å². The van der Waals surface area contributed by atoms with Gasteiger partial charge < -0.3 is 10.4 Å². The number of carbonyl (C=O) groups is 2. The Labute approximate surface area is 190 Å². The van der Waals surface area contributed by atoms with Gasteiger partial charge >= 0.3 is 5.97 Å². The molecule has 31 heavy (non-hydrogen) atoms. The Balaban J connectivity index is 0.00000240. The van der Waals surface area contributed by atoms with Crippen molar-refractivity contribution in [2.75, 3.05) is 11.9 Å². The van der Waals surface area contributed by atoms with E-state index in [1.54, 1.807) is 49.8 Å². The van der Waals surface area contributed by atoms with Crippen molar-refractivity contribution in [2.45, 2.75) is 12.5 Å². The maximum Gasteiger partial charge on any atom is 0.317 e. The number of aryl methyl sites for hydroxylation is 1. The van der Waals surface area contributed by atoms with Crippen LogP contribution in [0, 0.1) is 5.82 Å². The Kier molecular flexibility index (Phi) is 10.1. The van der Waals surface area contributed by atoms with Crippen molar-refractivity contribution < 1.29 is 19.1 Å². The molecule has 8 nitrogen and oxygen atoms in total. The smallest absolute Gasteiger partial charge is 0.317 e. The van der Waals surface area contributed by atoms with Crippen LogP contribution >= 0.6 is 24.8 Å². The lowest BCUT2D eigenvalue weighted by molar-refractivity contribution is -0.136. The van der Waals surface area contributed by atoms with Crippen LogP contribution in [0.1, 0.15) is 5.56 Å². The zero-order valence-electron chi connectivity index (χ0n) is 16.5. The number of amides is 1. The van der Waals surface area contributed by atoms with Crippen LogP contribution in [-0.4, -0.2) is 44.3 Å². The van der Waals surface area contributed by atoms with Gasteiger partial charge in [0.15, 0.2) is 0 Å². The molecule has 0 bridgehead atoms. The number of anilines is 1. The summed E-state index contributed by atoms with van der Waals surface area (Å²) in [4.78, 5) is 27.7. The molecule has 166 valence electrons. The van der Waals surface area contributed by atoms with E-state index in [1.807, 2.05) is 0 Å². The molecular weight excluding hydrogens is 448 g/mol. The maximum absolute atomic E-state index is 13.1. The van der Waals surface area contributed by atoms with Crippen LogP contribution in [-0.2, 0) is 23.1 Å². The van der Waals surface area contributed by atoms with E-state index in [0.717, 1.165) is 5.56 Å². The average Bonchev–Trinajstić information content (AvgIpc) is 3.07. The van der Waals surface area contributed by atoms with Gasteiger partial charge in [-0.25, -0.2) is 4.39 Å². The number of hydrogen-bond donors (Lipinski definition) is 3. The van der Waals surface area contributed by atoms with Crippen molar-refractivity contribution in [1.29, 1.82) is 0 Å². The average molecular weight is 470 g/mol. The molecule has 2 heterocycles. The first kappa shape index (κ1) is 26.0. The summed E-state index contributed by atoms with van der Waals surface area (Å²) in [5, 5.41) is 18.8. The van der Waals surface area contributed by atoms with Gasteiger partial charge in [0.1, 0.15) is 11.6 Å². The fourth-order valence-electron chi connectivity index (χ4n) is 2.79. The summed E-state index contributed by atoms with van der Waals surface area (Å²) in [6, 6.07) is 10.2. The first-order chi connectivity index (χ1) is 13.9. The minimum absolute atomic E-state index is 0. The molecule has 0 spiro atoms. The Morgan fingerprint density at radius 1 is 1.13 bits per heavy atom. The summed E-state index contributed by atoms with van der Waals surface area (Å²) >= 11 is 0. The lowest BCUT2D eigenvalue weighted by Crippen LogP contribution is -2.44. The van der Waals surface area contributed by atoms with Crippen molar-refractivity contribution in [3.05, 3.63) is 66.2 Å². The van der Waals surface area contributed by atoms with E-state index in [2.05, 4.69) is 20.7 Å². The molecule has 1 aromatic carbocycles. The number of nitrogens with zero attached hydrogens (tertiary/aromatic N) is 3. The third-order valence-corrected chi connectivity index (χ3v) is 4.28. The van der Waals surface area contributed by atoms with Crippen LogP contribution in [0.2, 0.25) is 0 Å². The predicted molar refractivity (Wildman–Crippen MR) is 119 cm³/mol. The lowest BCUT2D eigenvalue weighted by atomic mass is 10.1. The van der Waals surface area contributed by atoms with Gasteiger partial charge in [-0.1, -0.05) is 12.1 Å². The van der Waals surface area contributed by atoms with Gasteiger partial charge in [0.2, 0.25) is 5.91 Å². The van der Waals surface area contributed by atoms with Crippen LogP contribution in [0.25, 0.3) is 11.3 Å². The number of carbonyl (C=O) groups excluding carboxylic acids is 1. The largest absolute Gasteiger partial charge is 0.480 e. The van der Waals surface area contributed by atoms with E-state index < -0.39 is 17.9 Å². The van der Waals surface area contributed by atoms with Crippen molar-refractivity contribution >= 4 is 42.5 Å². The van der Waals surface area contributed by atoms with Crippen molar-refractivity contribution in [3.8, 4) is 11.3 Å². The fourth-order valence-corrected chi connectivity index (χ4v) is 2.79. The molecule has 0 unspecified atom stereocenters. The molecule has 11 heteroatoms. The highest BCUT2D eigenvalue weighted by atomic mass is 35.5. The Morgan fingerprint density at radius 2 is 1.77 bits per heavy atom. The monoisotopic (exact) mass is 469 g/mol. The molecule has 1 amide bonds. The summed E-state index contributed by atoms with van der Waals surface area (Å²) in [6.45, 7) is -0.382. The number of pyridine rings is 1. The molecule has 0 saturated carbocycles. The van der Waals surface area contributed by atoms with Crippen molar-refractivity contribution in [3.63, 3.8) is 0 Å². The van der Waals surface area contributed by atoms with Gasteiger partial charge in [0, 0.05) is 31.1 Å². The van der Waals surface area contributed by atoms with Gasteiger partial charge in [0.05, 0.1) is 18.3 Å². The number of carboxylic acid groups (broad SMARTS) is 1. The van der Waals surface area contributed by atoms with E-state index in [0.29, 0.717) is 17.1 Å². The number of rotatable bonds is 8. The molecule has 2 aromatic heterocycles. The maximum atomic E-state index is 13.1. The lowest BCUT2D eigenvalue weighted by Gasteiger charge is -2.17. The second kappa shape index (κ2) is 12.0. The van der Waals surface area contributed by atoms with Crippen molar-refractivity contribution in [2.24, 2.45) is 7.05 Å². The van der Waals surface area contributed by atoms with Crippen LogP contribution in [0.4, 0.5) is 10.2 Å². The van der Waals surface area contributed by atoms with E-state index >= 15 is 0 Å². The predicted octanol–water partition coefficient (Wildman–Crippen LogP) is 2.69. The standard InChI is InChI=1S/C20H20FN5O3.2ClH/c1-26-18(11-16(25-26)14-6-8-22-9-7-14)24-20(29)17(23-12-19(27)28)10-13-2-4-15(21)5-3-13;;/h2-9,11,17,23H,10,12H2,1H3,(H,24,29)(H,27,28);2*1H/t17-;;/m0../s1. The molecular formula is C20H22Cl2FN5O3. The highest BCUT2D eigenvalue weighted by Gasteiger charge is 2.21. The molecule has 3 N–H and O–H groups in total. The number of aromatic nitrogens is 3. The molecule has 0 radical (unpaired) electrons. The first-order valence-electron chi connectivity index (χ1n) is 8.87. The van der Waals surface area contributed by atoms with E-state index in [1.165, 1.54) is 16.8 Å². The topological polar surface area (TPSA) is 109 Å². The van der Waals surface area contributed by atoms with Crippen LogP contribution < -0.4 is 10.6 Å². The number of carboxylic acids is 1. The quantitative estimate of drug-likeness (QED) is 0.467. The highest BCUT2D eigenvalue weighted by molar-refractivity contribution is 5.95. The summed E-state index contributed by atoms with van der Waals surface area (Å²) in [5.41, 5.74) is 2.22. The number of nitrogens with one attached hydrogen (secondary N) is 2. The molecule has 1 atom stereocenters. The number of aliphatic carboxylic acids is 1. The summed E-state index contributed by atoms with van der Waals surface area (Å²) < 4.78 is 14.7. The third-order valence-electron chi connectivity index (χ3n) is 4.28. The van der Waals surface area contributed by atoms with Crippen LogP contribution in [0.5, 0.6) is 0 Å². The zero-order valence-corrected chi connectivity index (χ0v) is 18.1. The fraction of sp³-hybridized carbons (Fsp3) is 0.200. The summed E-state index contributed by atoms with van der Waals surface area (Å²) in [5.74, 6) is -1.42. The van der Waals surface area contributed by atoms with Gasteiger partial charge in [-0.15, -0.1) is 24.8 Å². The molecule has 0 aliphatic carbocycles. The molecule has 3 rings (SSSR count). The summed E-state index contributed by atoms with van der Waals surface area (Å²) in [6.07, 6.45) is 3.50. The second-order valence-corrected chi connectivity index (χ2v) is 6.42. The Bertz CT molecular complexity index is 1000. The van der Waals surface area contributed by atoms with Crippen LogP contribution in [0.15, 0.2) is 54.9 Å². The molecule has 0 saturated heterocycles. The van der Waals surface area contributed by atoms with Gasteiger partial charge in [-0.2, -0.15) is 5.10 Å². The minimum Gasteiger partial charge on any atom is -0.480 e. The second-order valence-electron chi connectivity index (χ2n) is 6.42. The zero-order chi connectivity index (χ0) is 20.8.